The Morgan fingerprint density at radius 3 is 2.75 bits per heavy atom. The lowest BCUT2D eigenvalue weighted by Crippen LogP contribution is -2.33. The van der Waals surface area contributed by atoms with Crippen LogP contribution in [0.4, 0.5) is 13.6 Å². The highest BCUT2D eigenvalue weighted by Crippen LogP contribution is 2.32. The molecule has 20 heavy (non-hydrogen) atoms. The molecule has 2 rings (SSSR count). The second-order valence-corrected chi connectivity index (χ2v) is 5.09. The standard InChI is InChI=1S/C13H12F2N2O2S/c14-11(15)9-3-1-2-8(6-9)7-10-12(18)17(5-4-16)13(19)20-10/h1-3,6-7,11H,4-5,16H2/b10-7+. The summed E-state index contributed by atoms with van der Waals surface area (Å²) >= 11 is 0.786. The van der Waals surface area contributed by atoms with Gasteiger partial charge in [0.05, 0.1) is 4.91 Å². The van der Waals surface area contributed by atoms with E-state index in [9.17, 15) is 18.4 Å². The van der Waals surface area contributed by atoms with Crippen molar-refractivity contribution in [2.45, 2.75) is 6.43 Å². The average molecular weight is 298 g/mol. The summed E-state index contributed by atoms with van der Waals surface area (Å²) in [6, 6.07) is 5.68. The molecule has 1 aromatic rings. The van der Waals surface area contributed by atoms with E-state index in [2.05, 4.69) is 0 Å². The van der Waals surface area contributed by atoms with Crippen molar-refractivity contribution in [1.29, 1.82) is 0 Å². The normalized spacial score (nSPS) is 17.6. The van der Waals surface area contributed by atoms with Crippen LogP contribution in [0.3, 0.4) is 0 Å². The third-order valence-electron chi connectivity index (χ3n) is 2.69. The molecule has 0 unspecified atom stereocenters. The van der Waals surface area contributed by atoms with Crippen LogP contribution in [-0.4, -0.2) is 29.1 Å². The summed E-state index contributed by atoms with van der Waals surface area (Å²) in [5, 5.41) is -0.392. The maximum atomic E-state index is 12.6. The summed E-state index contributed by atoms with van der Waals surface area (Å²) in [5.74, 6) is -0.437. The molecule has 106 valence electrons. The number of nitrogens with zero attached hydrogens (tertiary/aromatic N) is 1. The van der Waals surface area contributed by atoms with E-state index in [-0.39, 0.29) is 23.6 Å². The lowest BCUT2D eigenvalue weighted by molar-refractivity contribution is -0.122. The molecule has 0 spiro atoms. The molecule has 0 saturated carbocycles. The van der Waals surface area contributed by atoms with Gasteiger partial charge in [0.1, 0.15) is 0 Å². The minimum atomic E-state index is -2.57. The zero-order valence-corrected chi connectivity index (χ0v) is 11.2. The van der Waals surface area contributed by atoms with Gasteiger partial charge in [0.2, 0.25) is 0 Å². The molecule has 1 heterocycles. The van der Waals surface area contributed by atoms with Crippen LogP contribution in [0, 0.1) is 0 Å². The molecule has 0 aliphatic carbocycles. The second kappa shape index (κ2) is 6.15. The Kier molecular flexibility index (Phi) is 4.51. The van der Waals surface area contributed by atoms with Crippen molar-refractivity contribution >= 4 is 29.0 Å². The largest absolute Gasteiger partial charge is 0.329 e. The number of carbonyl (C=O) groups is 2. The van der Waals surface area contributed by atoms with E-state index in [1.807, 2.05) is 0 Å². The first-order chi connectivity index (χ1) is 9.52. The van der Waals surface area contributed by atoms with Gasteiger partial charge in [-0.3, -0.25) is 14.5 Å². The topological polar surface area (TPSA) is 63.4 Å². The van der Waals surface area contributed by atoms with E-state index < -0.39 is 17.6 Å². The number of hydrogen-bond acceptors (Lipinski definition) is 4. The van der Waals surface area contributed by atoms with E-state index in [4.69, 9.17) is 5.73 Å². The molecule has 1 aromatic carbocycles. The molecule has 1 aliphatic rings. The quantitative estimate of drug-likeness (QED) is 0.868. The van der Waals surface area contributed by atoms with E-state index in [0.29, 0.717) is 5.56 Å². The summed E-state index contributed by atoms with van der Waals surface area (Å²) in [7, 11) is 0. The SMILES string of the molecule is NCCN1C(=O)S/C(=C/c2cccc(C(F)F)c2)C1=O. The van der Waals surface area contributed by atoms with Crippen molar-refractivity contribution in [2.75, 3.05) is 13.1 Å². The average Bonchev–Trinajstić information content (AvgIpc) is 2.67. The Morgan fingerprint density at radius 1 is 1.35 bits per heavy atom. The van der Waals surface area contributed by atoms with Crippen LogP contribution < -0.4 is 5.73 Å². The molecule has 2 N–H and O–H groups in total. The Hall–Kier alpha value is -1.73. The maximum absolute atomic E-state index is 12.6. The third-order valence-corrected chi connectivity index (χ3v) is 3.59. The first-order valence-corrected chi connectivity index (χ1v) is 6.68. The van der Waals surface area contributed by atoms with Crippen LogP contribution in [0.1, 0.15) is 17.6 Å². The number of alkyl halides is 2. The van der Waals surface area contributed by atoms with E-state index in [1.54, 1.807) is 6.07 Å². The second-order valence-electron chi connectivity index (χ2n) is 4.09. The Labute approximate surface area is 118 Å². The maximum Gasteiger partial charge on any atom is 0.293 e. The smallest absolute Gasteiger partial charge is 0.293 e. The highest BCUT2D eigenvalue weighted by atomic mass is 32.2. The number of carbonyl (C=O) groups excluding carboxylic acids is 2. The fourth-order valence-corrected chi connectivity index (χ4v) is 2.62. The fourth-order valence-electron chi connectivity index (χ4n) is 1.76. The number of halogens is 2. The zero-order chi connectivity index (χ0) is 14.7. The van der Waals surface area contributed by atoms with Gasteiger partial charge in [-0.2, -0.15) is 0 Å². The Bertz CT molecular complexity index is 575. The number of thioether (sulfide) groups is 1. The predicted molar refractivity (Wildman–Crippen MR) is 73.1 cm³/mol. The van der Waals surface area contributed by atoms with Gasteiger partial charge in [0.15, 0.2) is 0 Å². The molecule has 4 nitrogen and oxygen atoms in total. The van der Waals surface area contributed by atoms with Gasteiger partial charge in [-0.05, 0) is 29.5 Å². The van der Waals surface area contributed by atoms with Crippen molar-refractivity contribution in [3.63, 3.8) is 0 Å². The number of hydrogen-bond donors (Lipinski definition) is 1. The number of benzene rings is 1. The van der Waals surface area contributed by atoms with Gasteiger partial charge in [0, 0.05) is 18.7 Å². The Morgan fingerprint density at radius 2 is 2.10 bits per heavy atom. The molecule has 7 heteroatoms. The Balaban J connectivity index is 2.26. The van der Waals surface area contributed by atoms with Gasteiger partial charge in [-0.1, -0.05) is 18.2 Å². The molecule has 1 fully saturated rings. The van der Waals surface area contributed by atoms with Crippen LogP contribution in [0.2, 0.25) is 0 Å². The summed E-state index contributed by atoms with van der Waals surface area (Å²) in [6.45, 7) is 0.339. The monoisotopic (exact) mass is 298 g/mol. The van der Waals surface area contributed by atoms with Gasteiger partial charge >= 0.3 is 0 Å². The first kappa shape index (κ1) is 14.7. The van der Waals surface area contributed by atoms with Crippen LogP contribution in [-0.2, 0) is 4.79 Å². The number of amides is 2. The van der Waals surface area contributed by atoms with Crippen molar-refractivity contribution in [3.05, 3.63) is 40.3 Å². The summed E-state index contributed by atoms with van der Waals surface area (Å²) in [6.07, 6.45) is -1.14. The molecule has 2 amide bonds. The summed E-state index contributed by atoms with van der Waals surface area (Å²) in [4.78, 5) is 24.8. The van der Waals surface area contributed by atoms with Crippen molar-refractivity contribution in [1.82, 2.24) is 4.90 Å². The van der Waals surface area contributed by atoms with Crippen molar-refractivity contribution < 1.29 is 18.4 Å². The molecule has 0 radical (unpaired) electrons. The van der Waals surface area contributed by atoms with Gasteiger partial charge < -0.3 is 5.73 Å². The van der Waals surface area contributed by atoms with Crippen molar-refractivity contribution in [2.24, 2.45) is 5.73 Å². The molecular weight excluding hydrogens is 286 g/mol. The minimum absolute atomic E-state index is 0.125. The fraction of sp³-hybridized carbons (Fsp3) is 0.231. The number of nitrogens with two attached hydrogens (primary N) is 1. The molecule has 0 bridgehead atoms. The molecular formula is C13H12F2N2O2S. The molecule has 1 aliphatic heterocycles. The van der Waals surface area contributed by atoms with Gasteiger partial charge in [-0.25, -0.2) is 8.78 Å². The van der Waals surface area contributed by atoms with E-state index >= 15 is 0 Å². The lowest BCUT2D eigenvalue weighted by atomic mass is 10.1. The molecule has 0 aromatic heterocycles. The van der Waals surface area contributed by atoms with Crippen LogP contribution >= 0.6 is 11.8 Å². The lowest BCUT2D eigenvalue weighted by Gasteiger charge is -2.09. The molecule has 1 saturated heterocycles. The van der Waals surface area contributed by atoms with Gasteiger partial charge in [-0.15, -0.1) is 0 Å². The highest BCUT2D eigenvalue weighted by Gasteiger charge is 2.34. The summed E-state index contributed by atoms with van der Waals surface area (Å²) in [5.41, 5.74) is 5.66. The van der Waals surface area contributed by atoms with E-state index in [1.165, 1.54) is 24.3 Å². The van der Waals surface area contributed by atoms with Gasteiger partial charge in [0.25, 0.3) is 17.6 Å². The third kappa shape index (κ3) is 3.05. The number of rotatable bonds is 4. The van der Waals surface area contributed by atoms with Crippen LogP contribution in [0.5, 0.6) is 0 Å². The van der Waals surface area contributed by atoms with E-state index in [0.717, 1.165) is 16.7 Å². The number of imide groups is 1. The first-order valence-electron chi connectivity index (χ1n) is 5.86. The predicted octanol–water partition coefficient (Wildman–Crippen LogP) is 2.62. The zero-order valence-electron chi connectivity index (χ0n) is 10.4. The minimum Gasteiger partial charge on any atom is -0.329 e. The van der Waals surface area contributed by atoms with Crippen LogP contribution in [0.15, 0.2) is 29.2 Å². The van der Waals surface area contributed by atoms with Crippen LogP contribution in [0.25, 0.3) is 6.08 Å². The highest BCUT2D eigenvalue weighted by molar-refractivity contribution is 8.18. The molecule has 0 atom stereocenters. The summed E-state index contributed by atoms with van der Waals surface area (Å²) < 4.78 is 25.2. The van der Waals surface area contributed by atoms with Crippen molar-refractivity contribution in [3.8, 4) is 0 Å².